The smallest absolute Gasteiger partial charge is 0.258 e. The second-order valence-electron chi connectivity index (χ2n) is 14.4. The molecule has 0 spiro atoms. The van der Waals surface area contributed by atoms with Crippen molar-refractivity contribution in [3.63, 3.8) is 0 Å². The zero-order valence-electron chi connectivity index (χ0n) is 35.6. The Kier molecular flexibility index (Phi) is 18.3. The number of halogens is 5. The summed E-state index contributed by atoms with van der Waals surface area (Å²) in [7, 11) is 0. The van der Waals surface area contributed by atoms with Gasteiger partial charge >= 0.3 is 0 Å². The highest BCUT2D eigenvalue weighted by molar-refractivity contribution is 6.32. The van der Waals surface area contributed by atoms with Crippen LogP contribution >= 0.6 is 58.0 Å². The molecular weight excluding hydrogens is 954 g/mol. The van der Waals surface area contributed by atoms with Gasteiger partial charge < -0.3 is 26.0 Å². The monoisotopic (exact) mass is 992 g/mol. The first-order chi connectivity index (χ1) is 31.4. The van der Waals surface area contributed by atoms with Crippen molar-refractivity contribution >= 4 is 127 Å². The Morgan fingerprint density at radius 2 is 1.03 bits per heavy atom. The molecule has 0 fully saturated rings. The van der Waals surface area contributed by atoms with Crippen LogP contribution in [0.3, 0.4) is 0 Å². The first-order valence-corrected chi connectivity index (χ1v) is 22.1. The Balaban J connectivity index is 1.30. The fourth-order valence-electron chi connectivity index (χ4n) is 6.10. The van der Waals surface area contributed by atoms with E-state index in [2.05, 4.69) is 41.7 Å². The van der Waals surface area contributed by atoms with E-state index in [1.54, 1.807) is 62.4 Å². The maximum absolute atomic E-state index is 13.5. The van der Waals surface area contributed by atoms with Crippen LogP contribution < -0.4 is 26.0 Å². The van der Waals surface area contributed by atoms with Crippen LogP contribution in [0.4, 0.5) is 34.1 Å². The van der Waals surface area contributed by atoms with Crippen molar-refractivity contribution in [2.45, 2.75) is 50.5 Å². The Morgan fingerprint density at radius 1 is 0.576 bits per heavy atom. The minimum absolute atomic E-state index is 0.0267. The van der Waals surface area contributed by atoms with E-state index in [9.17, 15) is 28.8 Å². The number of ketones is 2. The van der Waals surface area contributed by atoms with Crippen molar-refractivity contribution in [1.29, 1.82) is 0 Å². The van der Waals surface area contributed by atoms with Crippen LogP contribution in [0.15, 0.2) is 124 Å². The fraction of sp³-hybridized carbons (Fsp3) is 0.217. The molecule has 0 aliphatic carbocycles. The third-order valence-corrected chi connectivity index (χ3v) is 10.3. The summed E-state index contributed by atoms with van der Waals surface area (Å²) in [5, 5.41) is 26.4. The Bertz CT molecular complexity index is 2710. The second-order valence-corrected chi connectivity index (χ2v) is 17.0. The average molecular weight is 995 g/mol. The van der Waals surface area contributed by atoms with E-state index in [4.69, 9.17) is 62.7 Å². The largest absolute Gasteiger partial charge is 0.490 e. The Morgan fingerprint density at radius 3 is 1.47 bits per heavy atom. The lowest BCUT2D eigenvalue weighted by atomic mass is 10.1. The van der Waals surface area contributed by atoms with E-state index >= 15 is 0 Å². The highest BCUT2D eigenvalue weighted by Crippen LogP contribution is 2.32. The number of hydrogen-bond acceptors (Lipinski definition) is 11. The van der Waals surface area contributed by atoms with E-state index in [-0.39, 0.29) is 72.9 Å². The van der Waals surface area contributed by atoms with Gasteiger partial charge in [0.25, 0.3) is 23.6 Å². The van der Waals surface area contributed by atoms with E-state index in [1.165, 1.54) is 54.6 Å². The molecule has 66 heavy (non-hydrogen) atoms. The summed E-state index contributed by atoms with van der Waals surface area (Å²) in [4.78, 5) is 78.7. The predicted molar refractivity (Wildman–Crippen MR) is 258 cm³/mol. The van der Waals surface area contributed by atoms with Crippen LogP contribution in [0.1, 0.15) is 70.3 Å². The minimum Gasteiger partial charge on any atom is -0.490 e. The molecule has 5 aromatic rings. The highest BCUT2D eigenvalue weighted by Gasteiger charge is 2.27. The summed E-state index contributed by atoms with van der Waals surface area (Å²) in [6.07, 6.45) is 0. The summed E-state index contributed by atoms with van der Waals surface area (Å²) in [5.74, 6) is -4.03. The Labute approximate surface area is 404 Å². The van der Waals surface area contributed by atoms with Gasteiger partial charge in [-0.05, 0) is 99.5 Å². The van der Waals surface area contributed by atoms with E-state index in [0.29, 0.717) is 22.5 Å². The molecule has 4 atom stereocenters. The summed E-state index contributed by atoms with van der Waals surface area (Å²) in [6.45, 7) is 5.82. The van der Waals surface area contributed by atoms with Gasteiger partial charge in [-0.3, -0.25) is 28.8 Å². The van der Waals surface area contributed by atoms with Crippen LogP contribution in [0.5, 0.6) is 5.75 Å². The standard InChI is InChI=1S/C46H41Cl5N8O7/c1-24(48)35-9-5-7-11-37(35)53-43(62)28-17-30(50)21-33(19-28)56-58-41(26(3)60)45(64)52-32-13-14-39(40(23-32)66-16-15-47)55-46(65)42(27(4)61)59-57-34-20-29(18-31(51)22-34)44(63)54-38-12-8-6-10-36(38)25(2)49/h5-14,17-25,41-42H,15-16H2,1-4H3,(H,52,64)(H,53,62)(H,54,63)(H,55,65). The zero-order valence-corrected chi connectivity index (χ0v) is 39.4. The normalized spacial score (nSPS) is 13.0. The van der Waals surface area contributed by atoms with E-state index < -0.39 is 47.3 Å². The number of amides is 4. The molecule has 5 aromatic carbocycles. The van der Waals surface area contributed by atoms with Crippen molar-refractivity contribution < 1.29 is 33.5 Å². The molecule has 20 heteroatoms. The summed E-state index contributed by atoms with van der Waals surface area (Å²) in [5.41, 5.74) is 3.04. The molecule has 15 nitrogen and oxygen atoms in total. The molecule has 0 radical (unpaired) electrons. The molecule has 0 saturated carbocycles. The molecule has 4 N–H and O–H groups in total. The number of azo groups is 2. The maximum atomic E-state index is 13.5. The molecule has 0 aliphatic rings. The van der Waals surface area contributed by atoms with Crippen LogP contribution in [0.2, 0.25) is 10.0 Å². The van der Waals surface area contributed by atoms with Crippen LogP contribution in [0, 0.1) is 0 Å². The summed E-state index contributed by atoms with van der Waals surface area (Å²) in [6, 6.07) is 23.3. The second kappa shape index (κ2) is 23.8. The molecule has 0 bridgehead atoms. The molecule has 0 aromatic heterocycles. The number of carbonyl (C=O) groups is 6. The topological polar surface area (TPSA) is 209 Å². The SMILES string of the molecule is CC(=O)C(N=Nc1cc(Cl)cc(C(=O)Nc2ccccc2C(C)Cl)c1)C(=O)Nc1ccc(NC(=O)C(N=Nc2cc(Cl)cc(C(=O)Nc3ccccc3C(C)Cl)c2)C(C)=O)c(OCCCl)c1. The number of carbonyl (C=O) groups excluding carboxylic acids is 6. The fourth-order valence-corrected chi connectivity index (χ4v) is 7.02. The molecule has 5 rings (SSSR count). The van der Waals surface area contributed by atoms with Gasteiger partial charge in [0, 0.05) is 44.3 Å². The van der Waals surface area contributed by atoms with Crippen molar-refractivity contribution in [1.82, 2.24) is 0 Å². The van der Waals surface area contributed by atoms with Gasteiger partial charge in [0.2, 0.25) is 12.1 Å². The van der Waals surface area contributed by atoms with Gasteiger partial charge in [-0.2, -0.15) is 20.5 Å². The number of alkyl halides is 3. The van der Waals surface area contributed by atoms with Crippen molar-refractivity contribution in [2.75, 3.05) is 33.8 Å². The van der Waals surface area contributed by atoms with Crippen molar-refractivity contribution in [2.24, 2.45) is 20.5 Å². The van der Waals surface area contributed by atoms with Gasteiger partial charge in [-0.25, -0.2) is 0 Å². The number of benzene rings is 5. The van der Waals surface area contributed by atoms with Gasteiger partial charge in [0.15, 0.2) is 11.6 Å². The molecule has 4 unspecified atom stereocenters. The van der Waals surface area contributed by atoms with Crippen LogP contribution in [-0.2, 0) is 19.2 Å². The number of rotatable bonds is 19. The Hall–Kier alpha value is -6.23. The molecular formula is C46H41Cl5N8O7. The molecule has 342 valence electrons. The molecule has 4 amide bonds. The van der Waals surface area contributed by atoms with Gasteiger partial charge in [0.05, 0.1) is 33.7 Å². The summed E-state index contributed by atoms with van der Waals surface area (Å²) >= 11 is 31.1. The first kappa shape index (κ1) is 50.8. The number of nitrogens with zero attached hydrogens (tertiary/aromatic N) is 4. The molecule has 0 aliphatic heterocycles. The van der Waals surface area contributed by atoms with E-state index in [0.717, 1.165) is 13.8 Å². The quantitative estimate of drug-likeness (QED) is 0.0357. The lowest BCUT2D eigenvalue weighted by Gasteiger charge is -2.16. The zero-order chi connectivity index (χ0) is 48.1. The van der Waals surface area contributed by atoms with Crippen LogP contribution in [-0.4, -0.2) is 59.8 Å². The number of para-hydroxylation sites is 2. The number of nitrogens with one attached hydrogen (secondary N) is 4. The highest BCUT2D eigenvalue weighted by atomic mass is 35.5. The average Bonchev–Trinajstić information content (AvgIpc) is 3.26. The first-order valence-electron chi connectivity index (χ1n) is 19.9. The molecule has 0 heterocycles. The van der Waals surface area contributed by atoms with Crippen molar-refractivity contribution in [3.05, 3.63) is 135 Å². The third kappa shape index (κ3) is 14.1. The summed E-state index contributed by atoms with van der Waals surface area (Å²) < 4.78 is 5.74. The van der Waals surface area contributed by atoms with Gasteiger partial charge in [-0.15, -0.1) is 34.8 Å². The lowest BCUT2D eigenvalue weighted by molar-refractivity contribution is -0.127. The van der Waals surface area contributed by atoms with Crippen molar-refractivity contribution in [3.8, 4) is 5.75 Å². The van der Waals surface area contributed by atoms with E-state index in [1.807, 2.05) is 0 Å². The number of anilines is 4. The number of ether oxygens (including phenoxy) is 1. The minimum atomic E-state index is -1.65. The predicted octanol–water partition coefficient (Wildman–Crippen LogP) is 12.1. The number of hydrogen-bond donors (Lipinski definition) is 4. The van der Waals surface area contributed by atoms with Gasteiger partial charge in [-0.1, -0.05) is 59.6 Å². The number of Topliss-reactive ketones (excluding diaryl/α,β-unsaturated/α-hetero) is 2. The molecule has 0 saturated heterocycles. The maximum Gasteiger partial charge on any atom is 0.258 e. The third-order valence-electron chi connectivity index (χ3n) is 9.25. The lowest BCUT2D eigenvalue weighted by Crippen LogP contribution is -2.32. The van der Waals surface area contributed by atoms with Crippen LogP contribution in [0.25, 0.3) is 0 Å². The van der Waals surface area contributed by atoms with Gasteiger partial charge in [0.1, 0.15) is 12.4 Å².